The van der Waals surface area contributed by atoms with Crippen molar-refractivity contribution >= 4 is 19.7 Å². The first-order valence-corrected chi connectivity index (χ1v) is 37.2. The fourth-order valence-electron chi connectivity index (χ4n) is 9.97. The second kappa shape index (κ2) is 64.6. The van der Waals surface area contributed by atoms with Crippen molar-refractivity contribution in [2.24, 2.45) is 0 Å². The molecule has 0 heterocycles. The second-order valence-corrected chi connectivity index (χ2v) is 26.4. The molecule has 0 aromatic heterocycles. The van der Waals surface area contributed by atoms with Crippen LogP contribution in [-0.4, -0.2) is 69.4 Å². The summed E-state index contributed by atoms with van der Waals surface area (Å²) in [7, 11) is 1.17. The van der Waals surface area contributed by atoms with E-state index in [1.807, 2.05) is 33.3 Å². The highest BCUT2D eigenvalue weighted by Gasteiger charge is 2.27. The van der Waals surface area contributed by atoms with Crippen molar-refractivity contribution in [1.29, 1.82) is 0 Å². The molecule has 10 heteroatoms. The Bertz CT molecular complexity index is 1840. The van der Waals surface area contributed by atoms with Gasteiger partial charge in [-0.2, -0.15) is 0 Å². The van der Waals surface area contributed by atoms with E-state index in [1.54, 1.807) is 0 Å². The molecule has 496 valence electrons. The molecule has 1 amide bonds. The van der Waals surface area contributed by atoms with Gasteiger partial charge >= 0.3 is 5.97 Å². The number of ether oxygens (including phenoxy) is 1. The molecule has 9 nitrogen and oxygen atoms in total. The second-order valence-electron chi connectivity index (χ2n) is 25.0. The third kappa shape index (κ3) is 65.1. The van der Waals surface area contributed by atoms with Crippen LogP contribution in [0.25, 0.3) is 0 Å². The lowest BCUT2D eigenvalue weighted by atomic mass is 10.0. The zero-order valence-electron chi connectivity index (χ0n) is 56.7. The third-order valence-electron chi connectivity index (χ3n) is 15.4. The molecule has 0 bridgehead atoms. The molecule has 0 rings (SSSR count). The summed E-state index contributed by atoms with van der Waals surface area (Å²) in [5.41, 5.74) is 0. The number of nitrogens with one attached hydrogen (secondary N) is 1. The van der Waals surface area contributed by atoms with E-state index >= 15 is 0 Å². The molecule has 0 saturated heterocycles. The number of unbranched alkanes of at least 4 members (excludes halogenated alkanes) is 32. The van der Waals surface area contributed by atoms with Crippen molar-refractivity contribution in [1.82, 2.24) is 5.32 Å². The van der Waals surface area contributed by atoms with Crippen molar-refractivity contribution < 1.29 is 37.3 Å². The van der Waals surface area contributed by atoms with Gasteiger partial charge < -0.3 is 28.5 Å². The van der Waals surface area contributed by atoms with Crippen molar-refractivity contribution in [2.45, 2.75) is 322 Å². The first-order valence-electron chi connectivity index (χ1n) is 35.7. The van der Waals surface area contributed by atoms with Crippen LogP contribution in [0, 0.1) is 0 Å². The largest absolute Gasteiger partial charge is 0.756 e. The zero-order chi connectivity index (χ0) is 62.8. The van der Waals surface area contributed by atoms with E-state index in [-0.39, 0.29) is 24.9 Å². The summed E-state index contributed by atoms with van der Waals surface area (Å²) >= 11 is 0. The molecule has 3 unspecified atom stereocenters. The number of hydrogen-bond donors (Lipinski definition) is 1. The molecule has 0 aromatic rings. The van der Waals surface area contributed by atoms with Gasteiger partial charge in [-0.3, -0.25) is 14.2 Å². The van der Waals surface area contributed by atoms with Crippen LogP contribution in [0.2, 0.25) is 0 Å². The van der Waals surface area contributed by atoms with Crippen LogP contribution in [0.4, 0.5) is 0 Å². The van der Waals surface area contributed by atoms with Gasteiger partial charge in [0.1, 0.15) is 19.3 Å². The predicted molar refractivity (Wildman–Crippen MR) is 371 cm³/mol. The number of esters is 1. The Labute approximate surface area is 531 Å². The number of hydrogen-bond acceptors (Lipinski definition) is 7. The van der Waals surface area contributed by atoms with Gasteiger partial charge in [0.2, 0.25) is 5.91 Å². The molecule has 3 atom stereocenters. The van der Waals surface area contributed by atoms with Gasteiger partial charge in [0.25, 0.3) is 7.82 Å². The average molecular weight is 1220 g/mol. The fourth-order valence-corrected chi connectivity index (χ4v) is 10.7. The average Bonchev–Trinajstić information content (AvgIpc) is 3.66. The summed E-state index contributed by atoms with van der Waals surface area (Å²) in [5, 5.41) is 3.04. The summed E-state index contributed by atoms with van der Waals surface area (Å²) in [6.45, 7) is 6.71. The van der Waals surface area contributed by atoms with E-state index in [4.69, 9.17) is 13.8 Å². The molecule has 0 spiro atoms. The van der Waals surface area contributed by atoms with E-state index in [0.717, 1.165) is 116 Å². The standard InChI is InChI=1S/C76H135N2O7P/c1-7-10-13-16-19-22-25-28-30-32-34-36-38-39-41-43-45-47-49-51-54-57-60-63-66-69-76(80)85-74(67-64-61-58-55-52-27-24-21-18-15-12-9-3)73(72-84-86(81,82)83-71-70-78(4,5)6)77-75(79)68-65-62-59-56-53-50-48-46-44-42-40-37-35-33-31-29-26-23-20-17-14-11-8-2/h11,14,19-20,22-23,28-31,34-37,42,44,64,67,73-74H,7-10,12-13,15-18,21,24-27,32-33,38-41,43,45-63,65-66,68-72H2,1-6H3,(H-,77,79,81,82)/b14-11-,22-19-,23-20-,30-28-,31-29-,36-34-,37-35-,44-42-,67-64+. The molecular weight excluding hydrogens is 1080 g/mol. The number of likely N-dealkylation sites (N-methyl/N-ethyl adjacent to an activating group) is 1. The van der Waals surface area contributed by atoms with Crippen LogP contribution in [-0.2, 0) is 27.9 Å². The van der Waals surface area contributed by atoms with Gasteiger partial charge in [-0.25, -0.2) is 0 Å². The molecule has 1 N–H and O–H groups in total. The van der Waals surface area contributed by atoms with E-state index in [1.165, 1.54) is 161 Å². The highest BCUT2D eigenvalue weighted by atomic mass is 31.2. The van der Waals surface area contributed by atoms with Crippen molar-refractivity contribution in [3.8, 4) is 0 Å². The van der Waals surface area contributed by atoms with Gasteiger partial charge in [0.15, 0.2) is 0 Å². The number of quaternary nitrogens is 1. The van der Waals surface area contributed by atoms with Crippen LogP contribution in [0.3, 0.4) is 0 Å². The first-order chi connectivity index (χ1) is 41.9. The van der Waals surface area contributed by atoms with Crippen molar-refractivity contribution in [3.05, 3.63) is 109 Å². The number of phosphoric ester groups is 1. The summed E-state index contributed by atoms with van der Waals surface area (Å²) in [6, 6.07) is -0.903. The number of nitrogens with zero attached hydrogens (tertiary/aromatic N) is 1. The smallest absolute Gasteiger partial charge is 0.306 e. The molecule has 0 fully saturated rings. The lowest BCUT2D eigenvalue weighted by Crippen LogP contribution is -2.47. The van der Waals surface area contributed by atoms with Crippen LogP contribution in [0.15, 0.2) is 109 Å². The maximum Gasteiger partial charge on any atom is 0.306 e. The van der Waals surface area contributed by atoms with E-state index in [9.17, 15) is 19.0 Å². The number of rotatable bonds is 64. The highest BCUT2D eigenvalue weighted by Crippen LogP contribution is 2.38. The molecule has 0 aromatic carbocycles. The summed E-state index contributed by atoms with van der Waals surface area (Å²) in [4.78, 5) is 40.2. The van der Waals surface area contributed by atoms with Crippen LogP contribution in [0.1, 0.15) is 310 Å². The van der Waals surface area contributed by atoms with Crippen LogP contribution < -0.4 is 10.2 Å². The number of phosphoric acid groups is 1. The number of carbonyl (C=O) groups is 2. The Morgan fingerprint density at radius 3 is 1.14 bits per heavy atom. The SMILES string of the molecule is CC/C=C\C/C=C\C/C=C\C/C=C\C/C=C\CCCCCCCCCC(=O)NC(COP(=O)([O-])OCC[N+](C)(C)C)C(/C=C/CCCCCCCCCCCC)OC(=O)CCCCCCCCCCCCCC/C=C\C/C=C\C/C=C\CCCCC. The normalized spacial score (nSPS) is 14.2. The number of carbonyl (C=O) groups excluding carboxylic acids is 2. The highest BCUT2D eigenvalue weighted by molar-refractivity contribution is 7.45. The quantitative estimate of drug-likeness (QED) is 0.0212. The minimum Gasteiger partial charge on any atom is -0.756 e. The fraction of sp³-hybridized carbons (Fsp3) is 0.737. The van der Waals surface area contributed by atoms with Gasteiger partial charge in [0.05, 0.1) is 33.8 Å². The molecule has 0 aliphatic heterocycles. The van der Waals surface area contributed by atoms with Crippen molar-refractivity contribution in [2.75, 3.05) is 40.9 Å². The molecule has 86 heavy (non-hydrogen) atoms. The number of amides is 1. The Morgan fingerprint density at radius 1 is 0.419 bits per heavy atom. The lowest BCUT2D eigenvalue weighted by molar-refractivity contribution is -0.870. The molecule has 0 aliphatic carbocycles. The van der Waals surface area contributed by atoms with Gasteiger partial charge in [-0.15, -0.1) is 0 Å². The van der Waals surface area contributed by atoms with Gasteiger partial charge in [-0.05, 0) is 115 Å². The summed E-state index contributed by atoms with van der Waals surface area (Å²) in [5.74, 6) is -0.554. The molecular formula is C76H135N2O7P. The Kier molecular flexibility index (Phi) is 62.1. The molecule has 0 saturated carbocycles. The van der Waals surface area contributed by atoms with Gasteiger partial charge in [0, 0.05) is 12.8 Å². The van der Waals surface area contributed by atoms with Crippen LogP contribution >= 0.6 is 7.82 Å². The van der Waals surface area contributed by atoms with Crippen molar-refractivity contribution in [3.63, 3.8) is 0 Å². The van der Waals surface area contributed by atoms with Crippen LogP contribution in [0.5, 0.6) is 0 Å². The minimum atomic E-state index is -4.71. The number of allylic oxidation sites excluding steroid dienone is 17. The maximum absolute atomic E-state index is 13.6. The predicted octanol–water partition coefficient (Wildman–Crippen LogP) is 22.2. The molecule has 0 radical (unpaired) electrons. The minimum absolute atomic E-state index is 0.0295. The monoisotopic (exact) mass is 1220 g/mol. The lowest BCUT2D eigenvalue weighted by Gasteiger charge is -2.30. The topological polar surface area (TPSA) is 114 Å². The summed E-state index contributed by atoms with van der Waals surface area (Å²) in [6.07, 6.45) is 89.2. The van der Waals surface area contributed by atoms with E-state index < -0.39 is 26.6 Å². The Morgan fingerprint density at radius 2 is 0.744 bits per heavy atom. The maximum atomic E-state index is 13.6. The Balaban J connectivity index is 5.10. The van der Waals surface area contributed by atoms with E-state index in [2.05, 4.69) is 123 Å². The van der Waals surface area contributed by atoms with Gasteiger partial charge in [-0.1, -0.05) is 291 Å². The first kappa shape index (κ1) is 82.7. The Hall–Kier alpha value is -3.33. The zero-order valence-corrected chi connectivity index (χ0v) is 57.6. The third-order valence-corrected chi connectivity index (χ3v) is 16.4. The van der Waals surface area contributed by atoms with E-state index in [0.29, 0.717) is 17.4 Å². The summed E-state index contributed by atoms with van der Waals surface area (Å²) < 4.78 is 30.4. The molecule has 0 aliphatic rings.